The highest BCUT2D eigenvalue weighted by Gasteiger charge is 2.19. The van der Waals surface area contributed by atoms with Gasteiger partial charge in [-0.3, -0.25) is 4.57 Å². The summed E-state index contributed by atoms with van der Waals surface area (Å²) in [4.78, 5) is 4.05. The summed E-state index contributed by atoms with van der Waals surface area (Å²) in [7, 11) is 0. The van der Waals surface area contributed by atoms with Crippen LogP contribution in [0.15, 0.2) is 24.3 Å². The molecule has 0 spiro atoms. The highest BCUT2D eigenvalue weighted by molar-refractivity contribution is 14.1. The van der Waals surface area contributed by atoms with Crippen LogP contribution in [0, 0.1) is 21.0 Å². The van der Waals surface area contributed by atoms with E-state index in [1.54, 1.807) is 0 Å². The van der Waals surface area contributed by atoms with E-state index >= 15 is 0 Å². The van der Waals surface area contributed by atoms with E-state index in [-0.39, 0.29) is 22.2 Å². The van der Waals surface area contributed by atoms with Crippen molar-refractivity contribution >= 4 is 51.2 Å². The monoisotopic (exact) mass is 423 g/mol. The van der Waals surface area contributed by atoms with Crippen LogP contribution in [0.25, 0.3) is 16.7 Å². The zero-order valence-corrected chi connectivity index (χ0v) is 13.1. The van der Waals surface area contributed by atoms with E-state index in [2.05, 4.69) is 4.98 Å². The van der Waals surface area contributed by atoms with Crippen LogP contribution in [0.2, 0.25) is 5.02 Å². The fraction of sp³-hybridized carbons (Fsp3) is 0. The average Bonchev–Trinajstić information content (AvgIpc) is 2.66. The van der Waals surface area contributed by atoms with Gasteiger partial charge in [0.25, 0.3) is 0 Å². The molecule has 0 saturated heterocycles. The zero-order chi connectivity index (χ0) is 15.3. The number of anilines is 1. The van der Waals surface area contributed by atoms with Gasteiger partial charge in [-0.2, -0.15) is 0 Å². The molecule has 0 amide bonds. The van der Waals surface area contributed by atoms with E-state index in [0.29, 0.717) is 15.2 Å². The summed E-state index contributed by atoms with van der Waals surface area (Å²) in [5.74, 6) is -2.29. The third kappa shape index (κ3) is 2.34. The zero-order valence-electron chi connectivity index (χ0n) is 10.2. The number of hydrogen-bond donors (Lipinski definition) is 1. The lowest BCUT2D eigenvalue weighted by Crippen LogP contribution is -2.04. The van der Waals surface area contributed by atoms with Crippen LogP contribution >= 0.6 is 34.2 Å². The molecule has 0 fully saturated rings. The number of imidazole rings is 1. The number of rotatable bonds is 1. The Morgan fingerprint density at radius 1 is 1.10 bits per heavy atom. The second-order valence-electron chi connectivity index (χ2n) is 4.28. The largest absolute Gasteiger partial charge is 0.369 e. The van der Waals surface area contributed by atoms with Crippen molar-refractivity contribution in [3.05, 3.63) is 50.3 Å². The standard InChI is InChI=1S/C13H6ClF3IN3/c14-6-1-5(15)2-8(17)12(6)21-11-3-7(16)9(18)4-10(11)20-13(21)19/h1-4H,(H2,19,20). The number of fused-ring (bicyclic) bond motifs is 1. The van der Waals surface area contributed by atoms with Gasteiger partial charge in [0.05, 0.1) is 19.6 Å². The Hall–Kier alpha value is -1.48. The molecule has 1 heterocycles. The van der Waals surface area contributed by atoms with Crippen molar-refractivity contribution < 1.29 is 13.2 Å². The molecule has 0 bridgehead atoms. The molecule has 0 aliphatic rings. The third-order valence-electron chi connectivity index (χ3n) is 2.93. The van der Waals surface area contributed by atoms with Crippen LogP contribution < -0.4 is 5.73 Å². The smallest absolute Gasteiger partial charge is 0.206 e. The Bertz CT molecular complexity index is 856. The molecule has 21 heavy (non-hydrogen) atoms. The van der Waals surface area contributed by atoms with Gasteiger partial charge in [-0.1, -0.05) is 11.6 Å². The van der Waals surface area contributed by atoms with Gasteiger partial charge in [-0.15, -0.1) is 0 Å². The van der Waals surface area contributed by atoms with Gasteiger partial charge in [-0.05, 0) is 34.7 Å². The van der Waals surface area contributed by atoms with Crippen LogP contribution in [0.1, 0.15) is 0 Å². The van der Waals surface area contributed by atoms with E-state index < -0.39 is 17.5 Å². The molecule has 3 nitrogen and oxygen atoms in total. The number of nitrogens with two attached hydrogens (primary N) is 1. The van der Waals surface area contributed by atoms with Gasteiger partial charge in [0, 0.05) is 12.1 Å². The predicted molar refractivity (Wildman–Crippen MR) is 83.1 cm³/mol. The van der Waals surface area contributed by atoms with Gasteiger partial charge < -0.3 is 5.73 Å². The molecule has 2 N–H and O–H groups in total. The summed E-state index contributed by atoms with van der Waals surface area (Å²) in [6, 6.07) is 4.29. The number of nitrogen functional groups attached to an aromatic ring is 1. The molecule has 0 saturated carbocycles. The molecule has 2 aromatic carbocycles. The first-order chi connectivity index (χ1) is 9.88. The van der Waals surface area contributed by atoms with Gasteiger partial charge in [0.2, 0.25) is 5.95 Å². The molecular weight excluding hydrogens is 418 g/mol. The Kier molecular flexibility index (Phi) is 3.48. The second kappa shape index (κ2) is 5.06. The van der Waals surface area contributed by atoms with Crippen LogP contribution in [0.4, 0.5) is 19.1 Å². The molecule has 0 aliphatic carbocycles. The highest BCUT2D eigenvalue weighted by atomic mass is 127. The average molecular weight is 424 g/mol. The van der Waals surface area contributed by atoms with E-state index in [4.69, 9.17) is 17.3 Å². The molecule has 1 aromatic heterocycles. The lowest BCUT2D eigenvalue weighted by atomic mass is 10.2. The Labute approximate surface area is 135 Å². The summed E-state index contributed by atoms with van der Waals surface area (Å²) < 4.78 is 42.4. The van der Waals surface area contributed by atoms with Crippen molar-refractivity contribution in [1.82, 2.24) is 9.55 Å². The summed E-state index contributed by atoms with van der Waals surface area (Å²) in [6.45, 7) is 0. The maximum Gasteiger partial charge on any atom is 0.206 e. The minimum atomic E-state index is -0.912. The van der Waals surface area contributed by atoms with Crippen LogP contribution in [0.3, 0.4) is 0 Å². The summed E-state index contributed by atoms with van der Waals surface area (Å²) in [5.41, 5.74) is 6.24. The lowest BCUT2D eigenvalue weighted by molar-refractivity contribution is 0.579. The maximum atomic E-state index is 14.0. The van der Waals surface area contributed by atoms with Crippen molar-refractivity contribution in [2.75, 3.05) is 5.73 Å². The summed E-state index contributed by atoms with van der Waals surface area (Å²) in [6.07, 6.45) is 0. The van der Waals surface area contributed by atoms with E-state index in [1.807, 2.05) is 22.6 Å². The van der Waals surface area contributed by atoms with Crippen LogP contribution in [-0.4, -0.2) is 9.55 Å². The minimum absolute atomic E-state index is 0.0705. The van der Waals surface area contributed by atoms with E-state index in [9.17, 15) is 13.2 Å². The molecular formula is C13H6ClF3IN3. The molecule has 108 valence electrons. The lowest BCUT2D eigenvalue weighted by Gasteiger charge is -2.10. The number of halogens is 5. The molecule has 8 heteroatoms. The topological polar surface area (TPSA) is 43.8 Å². The van der Waals surface area contributed by atoms with Crippen molar-refractivity contribution in [3.63, 3.8) is 0 Å². The second-order valence-corrected chi connectivity index (χ2v) is 5.85. The van der Waals surface area contributed by atoms with Gasteiger partial charge in [-0.25, -0.2) is 18.2 Å². The van der Waals surface area contributed by atoms with Crippen molar-refractivity contribution in [1.29, 1.82) is 0 Å². The minimum Gasteiger partial charge on any atom is -0.369 e. The van der Waals surface area contributed by atoms with E-state index in [1.165, 1.54) is 12.1 Å². The van der Waals surface area contributed by atoms with Gasteiger partial charge >= 0.3 is 0 Å². The Morgan fingerprint density at radius 3 is 2.48 bits per heavy atom. The van der Waals surface area contributed by atoms with Crippen molar-refractivity contribution in [3.8, 4) is 5.69 Å². The molecule has 0 radical (unpaired) electrons. The molecule has 3 aromatic rings. The Morgan fingerprint density at radius 2 is 1.81 bits per heavy atom. The molecule has 0 aliphatic heterocycles. The van der Waals surface area contributed by atoms with Crippen molar-refractivity contribution in [2.45, 2.75) is 0 Å². The number of aromatic nitrogens is 2. The first-order valence-corrected chi connectivity index (χ1v) is 7.12. The fourth-order valence-corrected chi connectivity index (χ4v) is 2.80. The quantitative estimate of drug-likeness (QED) is 0.594. The van der Waals surface area contributed by atoms with Crippen molar-refractivity contribution in [2.24, 2.45) is 0 Å². The maximum absolute atomic E-state index is 14.0. The highest BCUT2D eigenvalue weighted by Crippen LogP contribution is 2.32. The third-order valence-corrected chi connectivity index (χ3v) is 4.04. The summed E-state index contributed by atoms with van der Waals surface area (Å²) in [5, 5.41) is -0.183. The van der Waals surface area contributed by atoms with Crippen LogP contribution in [-0.2, 0) is 0 Å². The number of hydrogen-bond acceptors (Lipinski definition) is 2. The van der Waals surface area contributed by atoms with Crippen LogP contribution in [0.5, 0.6) is 0 Å². The van der Waals surface area contributed by atoms with E-state index in [0.717, 1.165) is 10.6 Å². The molecule has 0 atom stereocenters. The Balaban J connectivity index is 2.41. The number of benzene rings is 2. The number of nitrogens with zero attached hydrogens (tertiary/aromatic N) is 2. The summed E-state index contributed by atoms with van der Waals surface area (Å²) >= 11 is 7.70. The predicted octanol–water partition coefficient (Wildman–Crippen LogP) is 4.28. The normalized spacial score (nSPS) is 11.3. The van der Waals surface area contributed by atoms with Gasteiger partial charge in [0.1, 0.15) is 17.3 Å². The fourth-order valence-electron chi connectivity index (χ4n) is 2.07. The van der Waals surface area contributed by atoms with Gasteiger partial charge in [0.15, 0.2) is 5.82 Å². The first kappa shape index (κ1) is 14.5. The SMILES string of the molecule is Nc1nc2cc(I)c(F)cc2n1-c1c(F)cc(F)cc1Cl. The first-order valence-electron chi connectivity index (χ1n) is 5.66. The molecule has 0 unspecified atom stereocenters. The molecule has 3 rings (SSSR count).